The summed E-state index contributed by atoms with van der Waals surface area (Å²) in [5.74, 6) is -4.12. The Hall–Kier alpha value is -4.33. The van der Waals surface area contributed by atoms with E-state index in [4.69, 9.17) is 33.2 Å². The molecule has 0 saturated carbocycles. The van der Waals surface area contributed by atoms with E-state index in [0.717, 1.165) is 39.6 Å². The standard InChI is InChI=1S/C35H58N4O15S/c1-19(40)37-26-28(51-22(4)43)27(50-21(3)42)25(18-49-20(2)41)52-31(26)55-17-15-23(39-33(47)54-35(8,9)10)29(44)38-24(30(45)48-11)14-12-13-16-36-32(46)53-34(5,6)7/h23-28,31H,12-18H2,1-11H3,(H,36,46)(H,37,40)(H,38,44)(H,39,47)/t23-,24-,25+,26+,27+,28+,31-/m0/s1. The fraction of sp³-hybridized carbons (Fsp3) is 0.771. The van der Waals surface area contributed by atoms with Crippen molar-refractivity contribution >= 4 is 59.6 Å². The number of alkyl carbamates (subject to hydrolysis) is 2. The number of carbonyl (C=O) groups is 8. The van der Waals surface area contributed by atoms with Crippen molar-refractivity contribution in [1.29, 1.82) is 0 Å². The molecule has 7 atom stereocenters. The van der Waals surface area contributed by atoms with Crippen LogP contribution in [-0.4, -0.2) is 127 Å². The van der Waals surface area contributed by atoms with Crippen molar-refractivity contribution in [3.8, 4) is 0 Å². The molecule has 4 N–H and O–H groups in total. The maximum atomic E-state index is 13.7. The summed E-state index contributed by atoms with van der Waals surface area (Å²) in [6.45, 7) is 14.6. The van der Waals surface area contributed by atoms with Crippen LogP contribution in [0.2, 0.25) is 0 Å². The van der Waals surface area contributed by atoms with Crippen LogP contribution in [-0.2, 0) is 61.9 Å². The Bertz CT molecular complexity index is 1350. The quantitative estimate of drug-likeness (QED) is 0.0879. The number of ether oxygens (including phenoxy) is 7. The molecule has 0 spiro atoms. The van der Waals surface area contributed by atoms with Crippen molar-refractivity contribution in [3.05, 3.63) is 0 Å². The van der Waals surface area contributed by atoms with E-state index >= 15 is 0 Å². The Morgan fingerprint density at radius 1 is 0.727 bits per heavy atom. The molecule has 0 aromatic carbocycles. The van der Waals surface area contributed by atoms with Crippen LogP contribution >= 0.6 is 11.8 Å². The van der Waals surface area contributed by atoms with E-state index in [9.17, 15) is 38.4 Å². The summed E-state index contributed by atoms with van der Waals surface area (Å²) < 4.78 is 37.8. The summed E-state index contributed by atoms with van der Waals surface area (Å²) in [5.41, 5.74) is -2.61. The highest BCUT2D eigenvalue weighted by molar-refractivity contribution is 7.99. The van der Waals surface area contributed by atoms with Crippen LogP contribution in [0.5, 0.6) is 0 Å². The molecule has 1 heterocycles. The van der Waals surface area contributed by atoms with Crippen molar-refractivity contribution in [2.24, 2.45) is 0 Å². The second-order valence-electron chi connectivity index (χ2n) is 14.6. The van der Waals surface area contributed by atoms with E-state index in [1.54, 1.807) is 41.5 Å². The molecular formula is C35H58N4O15S. The molecule has 0 aromatic rings. The highest BCUT2D eigenvalue weighted by atomic mass is 32.2. The minimum Gasteiger partial charge on any atom is -0.467 e. The lowest BCUT2D eigenvalue weighted by Crippen LogP contribution is -2.65. The molecule has 0 aliphatic carbocycles. The molecule has 55 heavy (non-hydrogen) atoms. The fourth-order valence-corrected chi connectivity index (χ4v) is 6.35. The maximum absolute atomic E-state index is 13.7. The van der Waals surface area contributed by atoms with Crippen LogP contribution in [0.15, 0.2) is 0 Å². The number of hydrogen-bond donors (Lipinski definition) is 4. The third-order valence-corrected chi connectivity index (χ3v) is 8.36. The number of carbonyl (C=O) groups excluding carboxylic acids is 8. The summed E-state index contributed by atoms with van der Waals surface area (Å²) in [4.78, 5) is 99.4. The monoisotopic (exact) mass is 806 g/mol. The normalized spacial score (nSPS) is 20.7. The average Bonchev–Trinajstić information content (AvgIpc) is 3.02. The number of unbranched alkanes of at least 4 members (excludes halogenated alkanes) is 1. The lowest BCUT2D eigenvalue weighted by atomic mass is 9.97. The van der Waals surface area contributed by atoms with Crippen LogP contribution in [0.1, 0.15) is 94.9 Å². The SMILES string of the molecule is COC(=O)[C@H](CCCCNC(=O)OC(C)(C)C)NC(=O)[C@H](CCS[C@@H]1O[C@H](COC(C)=O)[C@@H](OC(C)=O)[C@H](OC(C)=O)[C@H]1NC(C)=O)NC(=O)OC(C)(C)C. The van der Waals surface area contributed by atoms with Gasteiger partial charge in [-0.05, 0) is 73.0 Å². The molecule has 1 rings (SSSR count). The second-order valence-corrected chi connectivity index (χ2v) is 15.8. The van der Waals surface area contributed by atoms with Gasteiger partial charge in [0.2, 0.25) is 11.8 Å². The van der Waals surface area contributed by atoms with Gasteiger partial charge < -0.3 is 54.4 Å². The van der Waals surface area contributed by atoms with Crippen molar-refractivity contribution < 1.29 is 71.5 Å². The average molecular weight is 807 g/mol. The van der Waals surface area contributed by atoms with Gasteiger partial charge in [-0.3, -0.25) is 24.0 Å². The van der Waals surface area contributed by atoms with Crippen molar-refractivity contribution in [2.45, 2.75) is 148 Å². The van der Waals surface area contributed by atoms with Crippen LogP contribution in [0, 0.1) is 0 Å². The summed E-state index contributed by atoms with van der Waals surface area (Å²) in [6, 6.07) is -3.46. The first-order valence-corrected chi connectivity index (χ1v) is 18.8. The van der Waals surface area contributed by atoms with Gasteiger partial charge in [-0.25, -0.2) is 14.4 Å². The molecule has 0 unspecified atom stereocenters. The smallest absolute Gasteiger partial charge is 0.408 e. The molecule has 0 bridgehead atoms. The van der Waals surface area contributed by atoms with Crippen molar-refractivity contribution in [3.63, 3.8) is 0 Å². The van der Waals surface area contributed by atoms with Gasteiger partial charge in [0.25, 0.3) is 0 Å². The molecule has 0 aromatic heterocycles. The first-order chi connectivity index (χ1) is 25.4. The minimum absolute atomic E-state index is 0.0547. The Balaban J connectivity index is 3.26. The number of hydrogen-bond acceptors (Lipinski definition) is 16. The van der Waals surface area contributed by atoms with Crippen LogP contribution in [0.4, 0.5) is 9.59 Å². The molecule has 20 heteroatoms. The van der Waals surface area contributed by atoms with Crippen LogP contribution in [0.25, 0.3) is 0 Å². The molecule has 314 valence electrons. The van der Waals surface area contributed by atoms with Gasteiger partial charge in [0, 0.05) is 34.2 Å². The van der Waals surface area contributed by atoms with Gasteiger partial charge in [-0.15, -0.1) is 11.8 Å². The number of rotatable bonds is 18. The summed E-state index contributed by atoms with van der Waals surface area (Å²) >= 11 is 1.06. The van der Waals surface area contributed by atoms with Gasteiger partial charge >= 0.3 is 36.1 Å². The number of thioether (sulfide) groups is 1. The predicted molar refractivity (Wildman–Crippen MR) is 196 cm³/mol. The molecule has 1 fully saturated rings. The van der Waals surface area contributed by atoms with Crippen LogP contribution in [0.3, 0.4) is 0 Å². The number of methoxy groups -OCH3 is 1. The third-order valence-electron chi connectivity index (χ3n) is 7.16. The Labute approximate surface area is 326 Å². The Morgan fingerprint density at radius 2 is 1.31 bits per heavy atom. The first kappa shape index (κ1) is 48.7. The van der Waals surface area contributed by atoms with E-state index in [1.807, 2.05) is 0 Å². The topological polar surface area (TPSA) is 249 Å². The first-order valence-electron chi connectivity index (χ1n) is 17.8. The molecule has 4 amide bonds. The highest BCUT2D eigenvalue weighted by Gasteiger charge is 2.51. The molecule has 0 radical (unpaired) electrons. The van der Waals surface area contributed by atoms with E-state index in [0.29, 0.717) is 12.8 Å². The van der Waals surface area contributed by atoms with Crippen molar-refractivity contribution in [2.75, 3.05) is 26.0 Å². The van der Waals surface area contributed by atoms with Gasteiger partial charge in [0.15, 0.2) is 12.2 Å². The van der Waals surface area contributed by atoms with Gasteiger partial charge in [0.1, 0.15) is 47.5 Å². The van der Waals surface area contributed by atoms with E-state index < -0.39 is 108 Å². The van der Waals surface area contributed by atoms with E-state index in [1.165, 1.54) is 6.92 Å². The van der Waals surface area contributed by atoms with Gasteiger partial charge in [-0.2, -0.15) is 0 Å². The number of nitrogens with one attached hydrogen (secondary N) is 4. The Kier molecular flexibility index (Phi) is 20.3. The zero-order valence-electron chi connectivity index (χ0n) is 33.5. The lowest BCUT2D eigenvalue weighted by molar-refractivity contribution is -0.211. The molecule has 19 nitrogen and oxygen atoms in total. The zero-order valence-corrected chi connectivity index (χ0v) is 34.3. The number of esters is 4. The predicted octanol–water partition coefficient (Wildman–Crippen LogP) is 2.01. The summed E-state index contributed by atoms with van der Waals surface area (Å²) in [6.07, 6.45) is -4.30. The molecule has 1 aliphatic heterocycles. The lowest BCUT2D eigenvalue weighted by Gasteiger charge is -2.45. The largest absolute Gasteiger partial charge is 0.467 e. The molecule has 1 aliphatic rings. The number of amides is 4. The summed E-state index contributed by atoms with van der Waals surface area (Å²) in [7, 11) is 1.16. The zero-order chi connectivity index (χ0) is 42.1. The van der Waals surface area contributed by atoms with Gasteiger partial charge in [0.05, 0.1) is 7.11 Å². The molecular weight excluding hydrogens is 748 g/mol. The Morgan fingerprint density at radius 3 is 1.84 bits per heavy atom. The van der Waals surface area contributed by atoms with Crippen LogP contribution < -0.4 is 21.3 Å². The van der Waals surface area contributed by atoms with E-state index in [2.05, 4.69) is 21.3 Å². The minimum atomic E-state index is -1.29. The van der Waals surface area contributed by atoms with Crippen molar-refractivity contribution in [1.82, 2.24) is 21.3 Å². The fourth-order valence-electron chi connectivity index (χ4n) is 5.10. The molecule has 1 saturated heterocycles. The van der Waals surface area contributed by atoms with E-state index in [-0.39, 0.29) is 25.1 Å². The second kappa shape index (κ2) is 22.9. The third kappa shape index (κ3) is 20.2. The van der Waals surface area contributed by atoms with Gasteiger partial charge in [-0.1, -0.05) is 0 Å². The summed E-state index contributed by atoms with van der Waals surface area (Å²) in [5, 5.41) is 10.5. The maximum Gasteiger partial charge on any atom is 0.408 e. The highest BCUT2D eigenvalue weighted by Crippen LogP contribution is 2.33.